The Morgan fingerprint density at radius 3 is 2.58 bits per heavy atom. The van der Waals surface area contributed by atoms with Crippen molar-refractivity contribution in [2.75, 3.05) is 12.4 Å². The second-order valence-electron chi connectivity index (χ2n) is 4.91. The van der Waals surface area contributed by atoms with Crippen LogP contribution in [-0.4, -0.2) is 24.5 Å². The van der Waals surface area contributed by atoms with Gasteiger partial charge in [0.25, 0.3) is 0 Å². The molecule has 0 aromatic heterocycles. The number of hydrazone groups is 1. The summed E-state index contributed by atoms with van der Waals surface area (Å²) in [6.07, 6.45) is 1.61. The summed E-state index contributed by atoms with van der Waals surface area (Å²) in [4.78, 5) is 11.7. The lowest BCUT2D eigenvalue weighted by molar-refractivity contribution is -0.118. The first-order valence-corrected chi connectivity index (χ1v) is 9.07. The molecule has 0 atom stereocenters. The Morgan fingerprint density at radius 2 is 1.92 bits per heavy atom. The molecule has 0 fully saturated rings. The number of thioether (sulfide) groups is 1. The zero-order chi connectivity index (χ0) is 17.2. The van der Waals surface area contributed by atoms with E-state index in [2.05, 4.69) is 10.5 Å². The first-order valence-electron chi connectivity index (χ1n) is 7.54. The van der Waals surface area contributed by atoms with Crippen LogP contribution in [0.25, 0.3) is 0 Å². The van der Waals surface area contributed by atoms with E-state index in [9.17, 15) is 4.79 Å². The van der Waals surface area contributed by atoms with Crippen molar-refractivity contribution in [3.63, 3.8) is 0 Å². The minimum atomic E-state index is -0.129. The van der Waals surface area contributed by atoms with E-state index in [0.717, 1.165) is 22.6 Å². The van der Waals surface area contributed by atoms with Crippen molar-refractivity contribution in [2.24, 2.45) is 5.10 Å². The quantitative estimate of drug-likeness (QED) is 0.567. The maximum absolute atomic E-state index is 11.7. The summed E-state index contributed by atoms with van der Waals surface area (Å²) in [5.41, 5.74) is 4.55. The van der Waals surface area contributed by atoms with Crippen molar-refractivity contribution >= 4 is 35.5 Å². The van der Waals surface area contributed by atoms with Crippen LogP contribution >= 0.6 is 23.4 Å². The highest BCUT2D eigenvalue weighted by molar-refractivity contribution is 7.99. The minimum Gasteiger partial charge on any atom is -0.494 e. The summed E-state index contributed by atoms with van der Waals surface area (Å²) >= 11 is 7.36. The van der Waals surface area contributed by atoms with Gasteiger partial charge in [-0.3, -0.25) is 4.79 Å². The highest BCUT2D eigenvalue weighted by Crippen LogP contribution is 2.15. The molecular formula is C18H19ClN2O2S. The molecule has 0 aliphatic carbocycles. The number of hydrogen-bond donors (Lipinski definition) is 1. The predicted molar refractivity (Wildman–Crippen MR) is 101 cm³/mol. The molecule has 0 spiro atoms. The van der Waals surface area contributed by atoms with Crippen LogP contribution in [-0.2, 0) is 10.5 Å². The van der Waals surface area contributed by atoms with E-state index in [1.54, 1.807) is 6.21 Å². The molecule has 0 radical (unpaired) electrons. The molecule has 126 valence electrons. The van der Waals surface area contributed by atoms with Gasteiger partial charge in [0.15, 0.2) is 0 Å². The van der Waals surface area contributed by atoms with Crippen molar-refractivity contribution in [2.45, 2.75) is 12.7 Å². The Labute approximate surface area is 151 Å². The molecule has 0 saturated carbocycles. The highest BCUT2D eigenvalue weighted by atomic mass is 35.5. The van der Waals surface area contributed by atoms with Crippen LogP contribution in [0.2, 0.25) is 5.02 Å². The Morgan fingerprint density at radius 1 is 1.21 bits per heavy atom. The zero-order valence-corrected chi connectivity index (χ0v) is 14.9. The van der Waals surface area contributed by atoms with E-state index >= 15 is 0 Å². The molecular weight excluding hydrogens is 344 g/mol. The van der Waals surface area contributed by atoms with Crippen LogP contribution < -0.4 is 10.2 Å². The van der Waals surface area contributed by atoms with Gasteiger partial charge < -0.3 is 4.74 Å². The summed E-state index contributed by atoms with van der Waals surface area (Å²) in [6.45, 7) is 2.58. The van der Waals surface area contributed by atoms with Gasteiger partial charge in [-0.25, -0.2) is 5.43 Å². The van der Waals surface area contributed by atoms with E-state index in [4.69, 9.17) is 16.3 Å². The Kier molecular flexibility index (Phi) is 7.65. The highest BCUT2D eigenvalue weighted by Gasteiger charge is 2.01. The van der Waals surface area contributed by atoms with Gasteiger partial charge in [0, 0.05) is 10.8 Å². The van der Waals surface area contributed by atoms with Gasteiger partial charge in [0.1, 0.15) is 5.75 Å². The second kappa shape index (κ2) is 10.0. The monoisotopic (exact) mass is 362 g/mol. The Bertz CT molecular complexity index is 672. The van der Waals surface area contributed by atoms with Crippen molar-refractivity contribution in [1.29, 1.82) is 0 Å². The second-order valence-corrected chi connectivity index (χ2v) is 6.34. The van der Waals surface area contributed by atoms with E-state index in [-0.39, 0.29) is 5.91 Å². The zero-order valence-electron chi connectivity index (χ0n) is 13.4. The smallest absolute Gasteiger partial charge is 0.250 e. The van der Waals surface area contributed by atoms with Crippen LogP contribution in [0, 0.1) is 0 Å². The number of nitrogens with zero attached hydrogens (tertiary/aromatic N) is 1. The standard InChI is InChI=1S/C18H19ClN2O2S/c1-2-23-17-9-5-14(6-10-17)11-20-21-18(22)13-24-12-15-3-7-16(19)8-4-15/h3-11H,2,12-13H2,1H3,(H,21,22). The number of benzene rings is 2. The topological polar surface area (TPSA) is 50.7 Å². The molecule has 0 saturated heterocycles. The van der Waals surface area contributed by atoms with E-state index in [1.165, 1.54) is 11.8 Å². The lowest BCUT2D eigenvalue weighted by Crippen LogP contribution is -2.19. The molecule has 24 heavy (non-hydrogen) atoms. The third kappa shape index (κ3) is 6.64. The van der Waals surface area contributed by atoms with Crippen molar-refractivity contribution < 1.29 is 9.53 Å². The van der Waals surface area contributed by atoms with Gasteiger partial charge in [-0.15, -0.1) is 11.8 Å². The summed E-state index contributed by atoms with van der Waals surface area (Å²) < 4.78 is 5.37. The molecule has 0 unspecified atom stereocenters. The van der Waals surface area contributed by atoms with E-state index < -0.39 is 0 Å². The average molecular weight is 363 g/mol. The number of carbonyl (C=O) groups is 1. The molecule has 2 aromatic carbocycles. The van der Waals surface area contributed by atoms with Crippen LogP contribution in [0.4, 0.5) is 0 Å². The van der Waals surface area contributed by atoms with Crippen molar-refractivity contribution in [3.8, 4) is 5.75 Å². The van der Waals surface area contributed by atoms with E-state index in [1.807, 2.05) is 55.5 Å². The van der Waals surface area contributed by atoms with Crippen molar-refractivity contribution in [1.82, 2.24) is 5.43 Å². The maximum atomic E-state index is 11.7. The first kappa shape index (κ1) is 18.4. The van der Waals surface area contributed by atoms with E-state index in [0.29, 0.717) is 17.4 Å². The molecule has 0 aliphatic heterocycles. The first-order chi connectivity index (χ1) is 11.7. The summed E-state index contributed by atoms with van der Waals surface area (Å²) in [5, 5.41) is 4.67. The van der Waals surface area contributed by atoms with Crippen LogP contribution in [0.1, 0.15) is 18.1 Å². The third-order valence-electron chi connectivity index (χ3n) is 3.01. The number of carbonyl (C=O) groups excluding carboxylic acids is 1. The normalized spacial score (nSPS) is 10.8. The van der Waals surface area contributed by atoms with Gasteiger partial charge in [0.05, 0.1) is 18.6 Å². The fourth-order valence-electron chi connectivity index (χ4n) is 1.87. The summed E-state index contributed by atoms with van der Waals surface area (Å²) in [6, 6.07) is 15.1. The van der Waals surface area contributed by atoms with Gasteiger partial charge in [-0.2, -0.15) is 5.10 Å². The lowest BCUT2D eigenvalue weighted by Gasteiger charge is -2.03. The maximum Gasteiger partial charge on any atom is 0.250 e. The lowest BCUT2D eigenvalue weighted by atomic mass is 10.2. The molecule has 2 rings (SSSR count). The fourth-order valence-corrected chi connectivity index (χ4v) is 2.78. The fraction of sp³-hybridized carbons (Fsp3) is 0.222. The van der Waals surface area contributed by atoms with Gasteiger partial charge in [0.2, 0.25) is 5.91 Å². The number of halogens is 1. The SMILES string of the molecule is CCOc1ccc(C=NNC(=O)CSCc2ccc(Cl)cc2)cc1. The molecule has 0 bridgehead atoms. The predicted octanol–water partition coefficient (Wildman–Crippen LogP) is 4.12. The van der Waals surface area contributed by atoms with Gasteiger partial charge in [-0.05, 0) is 54.4 Å². The number of rotatable bonds is 8. The van der Waals surface area contributed by atoms with Crippen LogP contribution in [0.3, 0.4) is 0 Å². The third-order valence-corrected chi connectivity index (χ3v) is 4.26. The molecule has 1 N–H and O–H groups in total. The van der Waals surface area contributed by atoms with Crippen LogP contribution in [0.5, 0.6) is 5.75 Å². The summed E-state index contributed by atoms with van der Waals surface area (Å²) in [7, 11) is 0. The Balaban J connectivity index is 1.69. The molecule has 6 heteroatoms. The Hall–Kier alpha value is -1.98. The molecule has 4 nitrogen and oxygen atoms in total. The number of nitrogens with one attached hydrogen (secondary N) is 1. The van der Waals surface area contributed by atoms with Crippen LogP contribution in [0.15, 0.2) is 53.6 Å². The number of amides is 1. The largest absolute Gasteiger partial charge is 0.494 e. The van der Waals surface area contributed by atoms with Gasteiger partial charge in [-0.1, -0.05) is 23.7 Å². The molecule has 0 heterocycles. The summed E-state index contributed by atoms with van der Waals surface area (Å²) in [5.74, 6) is 1.80. The minimum absolute atomic E-state index is 0.129. The molecule has 2 aromatic rings. The molecule has 0 aliphatic rings. The van der Waals surface area contributed by atoms with Gasteiger partial charge >= 0.3 is 0 Å². The average Bonchev–Trinajstić information content (AvgIpc) is 2.58. The number of ether oxygens (including phenoxy) is 1. The molecule has 1 amide bonds. The number of hydrogen-bond acceptors (Lipinski definition) is 4. The van der Waals surface area contributed by atoms with Crippen molar-refractivity contribution in [3.05, 3.63) is 64.7 Å².